The summed E-state index contributed by atoms with van der Waals surface area (Å²) in [6.45, 7) is 0. The van der Waals surface area contributed by atoms with Gasteiger partial charge in [0.25, 0.3) is 0 Å². The maximum Gasteiger partial charge on any atom is 0.365 e. The Morgan fingerprint density at radius 3 is 2.06 bits per heavy atom. The van der Waals surface area contributed by atoms with E-state index in [0.29, 0.717) is 0 Å². The molecule has 0 bridgehead atoms. The number of hydrogen-bond acceptors (Lipinski definition) is 2. The largest absolute Gasteiger partial charge is 0.476 e. The summed E-state index contributed by atoms with van der Waals surface area (Å²) in [5.41, 5.74) is -1.31. The Kier molecular flexibility index (Phi) is 4.03. The van der Waals surface area contributed by atoms with Crippen LogP contribution in [-0.4, -0.2) is 23.3 Å². The number of ketones is 1. The molecule has 6 heteroatoms. The molecule has 1 aromatic rings. The number of allylic oxidation sites excluding steroid dienone is 1. The van der Waals surface area contributed by atoms with E-state index in [2.05, 4.69) is 0 Å². The van der Waals surface area contributed by atoms with Crippen LogP contribution in [0.5, 0.6) is 0 Å². The van der Waals surface area contributed by atoms with Gasteiger partial charge in [0.05, 0.1) is 5.57 Å². The second-order valence-electron chi connectivity index (χ2n) is 3.03. The first-order valence-electron chi connectivity index (χ1n) is 4.46. The van der Waals surface area contributed by atoms with Gasteiger partial charge in [0, 0.05) is 0 Å². The summed E-state index contributed by atoms with van der Waals surface area (Å²) in [5, 5.41) is 8.41. The molecule has 0 fully saturated rings. The predicted molar refractivity (Wildman–Crippen MR) is 53.1 cm³/mol. The van der Waals surface area contributed by atoms with Crippen molar-refractivity contribution in [1.82, 2.24) is 0 Å². The number of aliphatic carboxylic acids is 1. The molecule has 0 saturated carbocycles. The summed E-state index contributed by atoms with van der Waals surface area (Å²) in [4.78, 5) is 21.5. The molecule has 0 unspecified atom stereocenters. The van der Waals surface area contributed by atoms with Gasteiger partial charge in [-0.3, -0.25) is 4.79 Å². The van der Waals surface area contributed by atoms with Crippen molar-refractivity contribution >= 4 is 17.3 Å². The Hall–Kier alpha value is -2.11. The van der Waals surface area contributed by atoms with Crippen molar-refractivity contribution in [2.45, 2.75) is 6.43 Å². The minimum atomic E-state index is -3.46. The van der Waals surface area contributed by atoms with Gasteiger partial charge in [0.2, 0.25) is 11.6 Å². The van der Waals surface area contributed by atoms with Crippen molar-refractivity contribution in [3.05, 3.63) is 41.7 Å². The Bertz CT molecular complexity index is 466. The third-order valence-electron chi connectivity index (χ3n) is 1.91. The summed E-state index contributed by atoms with van der Waals surface area (Å²) in [5.74, 6) is -5.80. The van der Waals surface area contributed by atoms with Crippen LogP contribution in [0, 0.1) is 0 Å². The third-order valence-corrected chi connectivity index (χ3v) is 1.91. The number of halogens is 3. The van der Waals surface area contributed by atoms with E-state index in [1.165, 1.54) is 30.3 Å². The standard InChI is InChI=1S/C11H7F3O3/c12-8(11(16)17)7(9(15)10(13)14)6-4-2-1-3-5-6/h1-5,10H,(H,16,17)/b8-7+. The van der Waals surface area contributed by atoms with Crippen LogP contribution in [-0.2, 0) is 9.59 Å². The van der Waals surface area contributed by atoms with E-state index < -0.39 is 29.6 Å². The van der Waals surface area contributed by atoms with Crippen LogP contribution < -0.4 is 0 Å². The summed E-state index contributed by atoms with van der Waals surface area (Å²) in [7, 11) is 0. The maximum atomic E-state index is 13.2. The zero-order chi connectivity index (χ0) is 13.0. The Morgan fingerprint density at radius 2 is 1.65 bits per heavy atom. The minimum absolute atomic E-state index is 0.197. The van der Waals surface area contributed by atoms with E-state index in [4.69, 9.17) is 5.11 Å². The number of benzene rings is 1. The number of hydrogen-bond donors (Lipinski definition) is 1. The molecular formula is C11H7F3O3. The molecule has 0 radical (unpaired) electrons. The molecule has 1 rings (SSSR count). The van der Waals surface area contributed by atoms with Gasteiger partial charge in [-0.25, -0.2) is 13.6 Å². The molecule has 0 saturated heterocycles. The molecular weight excluding hydrogens is 237 g/mol. The van der Waals surface area contributed by atoms with Crippen molar-refractivity contribution in [3.63, 3.8) is 0 Å². The van der Waals surface area contributed by atoms with E-state index in [1.807, 2.05) is 0 Å². The number of carbonyl (C=O) groups excluding carboxylic acids is 1. The first kappa shape index (κ1) is 13.0. The average Bonchev–Trinajstić information content (AvgIpc) is 2.30. The highest BCUT2D eigenvalue weighted by Gasteiger charge is 2.28. The molecule has 90 valence electrons. The molecule has 0 amide bonds. The average molecular weight is 244 g/mol. The van der Waals surface area contributed by atoms with Gasteiger partial charge in [0.1, 0.15) is 0 Å². The SMILES string of the molecule is O=C(O)/C(F)=C(\C(=O)C(F)F)c1ccccc1. The summed E-state index contributed by atoms with van der Waals surface area (Å²) in [6.07, 6.45) is -3.46. The van der Waals surface area contributed by atoms with E-state index in [9.17, 15) is 22.8 Å². The third kappa shape index (κ3) is 2.93. The van der Waals surface area contributed by atoms with Crippen LogP contribution in [0.15, 0.2) is 36.2 Å². The lowest BCUT2D eigenvalue weighted by Crippen LogP contribution is -2.15. The van der Waals surface area contributed by atoms with E-state index in [1.54, 1.807) is 0 Å². The Balaban J connectivity index is 3.37. The molecule has 1 aromatic carbocycles. The van der Waals surface area contributed by atoms with E-state index in [0.717, 1.165) is 0 Å². The fourth-order valence-corrected chi connectivity index (χ4v) is 1.20. The summed E-state index contributed by atoms with van der Waals surface area (Å²) < 4.78 is 37.7. The van der Waals surface area contributed by atoms with Crippen LogP contribution in [0.4, 0.5) is 13.2 Å². The molecule has 0 heterocycles. The number of Topliss-reactive ketones (excluding diaryl/α,β-unsaturated/α-hetero) is 1. The fourth-order valence-electron chi connectivity index (χ4n) is 1.20. The quantitative estimate of drug-likeness (QED) is 0.826. The number of carboxylic acids is 1. The van der Waals surface area contributed by atoms with Crippen molar-refractivity contribution in [2.75, 3.05) is 0 Å². The van der Waals surface area contributed by atoms with Gasteiger partial charge < -0.3 is 5.11 Å². The van der Waals surface area contributed by atoms with Gasteiger partial charge in [-0.2, -0.15) is 4.39 Å². The van der Waals surface area contributed by atoms with Crippen LogP contribution in [0.25, 0.3) is 5.57 Å². The Morgan fingerprint density at radius 1 is 1.12 bits per heavy atom. The lowest BCUT2D eigenvalue weighted by atomic mass is 10.0. The van der Waals surface area contributed by atoms with Crippen LogP contribution in [0.3, 0.4) is 0 Å². The molecule has 0 aliphatic carbocycles. The van der Waals surface area contributed by atoms with Crippen molar-refractivity contribution in [2.24, 2.45) is 0 Å². The molecule has 0 aliphatic rings. The number of rotatable bonds is 4. The smallest absolute Gasteiger partial charge is 0.365 e. The molecule has 0 spiro atoms. The highest BCUT2D eigenvalue weighted by molar-refractivity contribution is 6.26. The normalized spacial score (nSPS) is 12.2. The maximum absolute atomic E-state index is 13.2. The summed E-state index contributed by atoms with van der Waals surface area (Å²) in [6, 6.07) is 6.63. The molecule has 3 nitrogen and oxygen atoms in total. The lowest BCUT2D eigenvalue weighted by Gasteiger charge is -2.06. The highest BCUT2D eigenvalue weighted by Crippen LogP contribution is 2.23. The van der Waals surface area contributed by atoms with Crippen LogP contribution >= 0.6 is 0 Å². The molecule has 1 N–H and O–H groups in total. The van der Waals surface area contributed by atoms with Crippen molar-refractivity contribution in [3.8, 4) is 0 Å². The van der Waals surface area contributed by atoms with Gasteiger partial charge in [-0.1, -0.05) is 30.3 Å². The molecule has 0 aliphatic heterocycles. The van der Waals surface area contributed by atoms with Gasteiger partial charge >= 0.3 is 12.4 Å². The number of carbonyl (C=O) groups is 2. The van der Waals surface area contributed by atoms with E-state index >= 15 is 0 Å². The first-order valence-corrected chi connectivity index (χ1v) is 4.46. The zero-order valence-corrected chi connectivity index (χ0v) is 8.36. The van der Waals surface area contributed by atoms with Gasteiger partial charge in [-0.15, -0.1) is 0 Å². The summed E-state index contributed by atoms with van der Waals surface area (Å²) >= 11 is 0. The number of alkyl halides is 2. The monoisotopic (exact) mass is 244 g/mol. The number of carboxylic acid groups (broad SMARTS) is 1. The predicted octanol–water partition coefficient (Wildman–Crippen LogP) is 2.29. The lowest BCUT2D eigenvalue weighted by molar-refractivity contribution is -0.134. The van der Waals surface area contributed by atoms with Gasteiger partial charge in [-0.05, 0) is 5.56 Å². The molecule has 0 aromatic heterocycles. The molecule has 17 heavy (non-hydrogen) atoms. The topological polar surface area (TPSA) is 54.4 Å². The second kappa shape index (κ2) is 5.29. The Labute approximate surface area is 94.2 Å². The van der Waals surface area contributed by atoms with Crippen LogP contribution in [0.1, 0.15) is 5.56 Å². The van der Waals surface area contributed by atoms with Gasteiger partial charge in [0.15, 0.2) is 0 Å². The minimum Gasteiger partial charge on any atom is -0.476 e. The molecule has 0 atom stereocenters. The zero-order valence-electron chi connectivity index (χ0n) is 8.36. The van der Waals surface area contributed by atoms with E-state index in [-0.39, 0.29) is 5.56 Å². The van der Waals surface area contributed by atoms with Crippen molar-refractivity contribution in [1.29, 1.82) is 0 Å². The first-order chi connectivity index (χ1) is 7.95. The van der Waals surface area contributed by atoms with Crippen molar-refractivity contribution < 1.29 is 27.9 Å². The second-order valence-corrected chi connectivity index (χ2v) is 3.03. The fraction of sp³-hybridized carbons (Fsp3) is 0.0909. The highest BCUT2D eigenvalue weighted by atomic mass is 19.3. The van der Waals surface area contributed by atoms with Crippen LogP contribution in [0.2, 0.25) is 0 Å².